The minimum atomic E-state index is -0.793. The molecule has 0 radical (unpaired) electrons. The molecule has 5 nitrogen and oxygen atoms in total. The Bertz CT molecular complexity index is 630. The number of benzene rings is 1. The fourth-order valence-corrected chi connectivity index (χ4v) is 2.21. The summed E-state index contributed by atoms with van der Waals surface area (Å²) in [6.45, 7) is 3.02. The quantitative estimate of drug-likeness (QED) is 0.829. The minimum absolute atomic E-state index is 0.361. The van der Waals surface area contributed by atoms with Crippen LogP contribution in [0.15, 0.2) is 17.1 Å². The van der Waals surface area contributed by atoms with Gasteiger partial charge >= 0.3 is 5.97 Å². The lowest BCUT2D eigenvalue weighted by molar-refractivity contribution is -0.180. The van der Waals surface area contributed by atoms with Crippen LogP contribution in [-0.4, -0.2) is 17.3 Å². The molecule has 96 valence electrons. The lowest BCUT2D eigenvalue weighted by Crippen LogP contribution is -2.50. The van der Waals surface area contributed by atoms with Crippen LogP contribution in [0.2, 0.25) is 10.0 Å². The molecule has 0 bridgehead atoms. The Morgan fingerprint density at radius 3 is 2.78 bits per heavy atom. The van der Waals surface area contributed by atoms with Gasteiger partial charge in [-0.1, -0.05) is 23.2 Å². The van der Waals surface area contributed by atoms with Crippen molar-refractivity contribution in [3.05, 3.63) is 32.8 Å². The lowest BCUT2D eigenvalue weighted by Gasteiger charge is -2.29. The van der Waals surface area contributed by atoms with Gasteiger partial charge < -0.3 is 4.84 Å². The Hall–Kier alpha value is -1.30. The van der Waals surface area contributed by atoms with Crippen LogP contribution >= 0.6 is 23.2 Å². The number of hydrogen-bond acceptors (Lipinski definition) is 5. The molecule has 1 aliphatic rings. The maximum Gasteiger partial charge on any atom is 0.329 e. The van der Waals surface area contributed by atoms with Gasteiger partial charge in [-0.3, -0.25) is 10.5 Å². The van der Waals surface area contributed by atoms with Crippen molar-refractivity contribution in [1.29, 1.82) is 0 Å². The average Bonchev–Trinajstić information content (AvgIpc) is 2.29. The molecule has 1 unspecified atom stereocenters. The first kappa shape index (κ1) is 13.1. The molecule has 0 fully saturated rings. The van der Waals surface area contributed by atoms with E-state index >= 15 is 0 Å². The number of rotatable bonds is 1. The molecule has 0 spiro atoms. The molecular formula is C11H11Cl2N3O2. The summed E-state index contributed by atoms with van der Waals surface area (Å²) in [6.07, 6.45) is -0.793. The summed E-state index contributed by atoms with van der Waals surface area (Å²) in [4.78, 5) is 20.2. The average molecular weight is 288 g/mol. The summed E-state index contributed by atoms with van der Waals surface area (Å²) in [7, 11) is 0. The van der Waals surface area contributed by atoms with E-state index in [1.165, 1.54) is 12.0 Å². The molecule has 0 aliphatic carbocycles. The third-order valence-corrected chi connectivity index (χ3v) is 3.31. The number of hydrogen-bond donors (Lipinski definition) is 1. The molecule has 1 aromatic rings. The van der Waals surface area contributed by atoms with Gasteiger partial charge in [0.05, 0.1) is 21.1 Å². The van der Waals surface area contributed by atoms with Gasteiger partial charge in [0.25, 0.3) is 0 Å². The second kappa shape index (κ2) is 4.76. The van der Waals surface area contributed by atoms with Gasteiger partial charge in [-0.05, 0) is 19.1 Å². The van der Waals surface area contributed by atoms with E-state index in [4.69, 9.17) is 33.8 Å². The van der Waals surface area contributed by atoms with E-state index in [1.807, 2.05) is 0 Å². The molecule has 1 heterocycles. The molecule has 0 amide bonds. The SMILES string of the molecule is CC(=O)ON1C(C)=c2c(Cl)c(Cl)ccc2=NC1N. The molecule has 0 saturated carbocycles. The molecular weight excluding hydrogens is 277 g/mol. The first-order chi connectivity index (χ1) is 8.41. The summed E-state index contributed by atoms with van der Waals surface area (Å²) in [5.41, 5.74) is 6.40. The second-order valence-electron chi connectivity index (χ2n) is 3.79. The monoisotopic (exact) mass is 287 g/mol. The summed E-state index contributed by atoms with van der Waals surface area (Å²) in [6, 6.07) is 3.37. The molecule has 2 rings (SSSR count). The van der Waals surface area contributed by atoms with Gasteiger partial charge in [0.2, 0.25) is 6.29 Å². The van der Waals surface area contributed by atoms with Crippen molar-refractivity contribution in [2.24, 2.45) is 10.7 Å². The number of halogens is 2. The van der Waals surface area contributed by atoms with Crippen molar-refractivity contribution in [2.45, 2.75) is 20.1 Å². The number of fused-ring (bicyclic) bond motifs is 1. The van der Waals surface area contributed by atoms with Gasteiger partial charge in [0.1, 0.15) is 0 Å². The van der Waals surface area contributed by atoms with Crippen molar-refractivity contribution < 1.29 is 9.63 Å². The van der Waals surface area contributed by atoms with Crippen LogP contribution in [0.1, 0.15) is 13.8 Å². The lowest BCUT2D eigenvalue weighted by atomic mass is 10.2. The normalized spacial score (nSPS) is 18.2. The van der Waals surface area contributed by atoms with Crippen molar-refractivity contribution in [3.8, 4) is 0 Å². The highest BCUT2D eigenvalue weighted by atomic mass is 35.5. The topological polar surface area (TPSA) is 67.9 Å². The smallest absolute Gasteiger partial charge is 0.329 e. The summed E-state index contributed by atoms with van der Waals surface area (Å²) >= 11 is 12.1. The van der Waals surface area contributed by atoms with Gasteiger partial charge in [-0.2, -0.15) is 5.06 Å². The van der Waals surface area contributed by atoms with Gasteiger partial charge in [-0.25, -0.2) is 4.99 Å². The summed E-state index contributed by atoms with van der Waals surface area (Å²) in [5.74, 6) is -0.485. The van der Waals surface area contributed by atoms with Crippen LogP contribution in [0, 0.1) is 0 Å². The first-order valence-corrected chi connectivity index (χ1v) is 5.93. The fourth-order valence-electron chi connectivity index (χ4n) is 1.76. The predicted molar refractivity (Wildman–Crippen MR) is 67.9 cm³/mol. The van der Waals surface area contributed by atoms with E-state index in [0.717, 1.165) is 0 Å². The number of carbonyl (C=O) groups excluding carboxylic acids is 1. The van der Waals surface area contributed by atoms with E-state index in [1.54, 1.807) is 19.1 Å². The minimum Gasteiger partial charge on any atom is -0.338 e. The third-order valence-electron chi connectivity index (χ3n) is 2.50. The Morgan fingerprint density at radius 2 is 2.17 bits per heavy atom. The molecule has 1 aliphatic heterocycles. The predicted octanol–water partition coefficient (Wildman–Crippen LogP) is 0.777. The summed E-state index contributed by atoms with van der Waals surface area (Å²) < 4.78 is 0. The maximum absolute atomic E-state index is 11.0. The van der Waals surface area contributed by atoms with Crippen LogP contribution in [-0.2, 0) is 9.63 Å². The Kier molecular flexibility index (Phi) is 3.47. The summed E-state index contributed by atoms with van der Waals surface area (Å²) in [5, 5.41) is 3.22. The molecule has 7 heteroatoms. The van der Waals surface area contributed by atoms with Crippen LogP contribution in [0.25, 0.3) is 5.70 Å². The number of hydroxylamine groups is 2. The fraction of sp³-hybridized carbons (Fsp3) is 0.273. The highest BCUT2D eigenvalue weighted by Gasteiger charge is 2.23. The standard InChI is InChI=1S/C11H11Cl2N3O2/c1-5-9-8(4-3-7(12)10(9)13)15-11(14)16(5)18-6(2)17/h3-4,11H,14H2,1-2H3. The number of nitrogens with two attached hydrogens (primary N) is 1. The molecule has 1 atom stereocenters. The number of carbonyl (C=O) groups is 1. The zero-order chi connectivity index (χ0) is 13.4. The molecule has 2 N–H and O–H groups in total. The van der Waals surface area contributed by atoms with Crippen LogP contribution in [0.4, 0.5) is 0 Å². The number of nitrogens with zero attached hydrogens (tertiary/aromatic N) is 2. The van der Waals surface area contributed by atoms with Gasteiger partial charge in [-0.15, -0.1) is 0 Å². The van der Waals surface area contributed by atoms with Crippen molar-refractivity contribution in [3.63, 3.8) is 0 Å². The van der Waals surface area contributed by atoms with Crippen molar-refractivity contribution in [1.82, 2.24) is 5.06 Å². The van der Waals surface area contributed by atoms with Gasteiger partial charge in [0, 0.05) is 12.1 Å². The molecule has 18 heavy (non-hydrogen) atoms. The van der Waals surface area contributed by atoms with Crippen molar-refractivity contribution in [2.75, 3.05) is 0 Å². The highest BCUT2D eigenvalue weighted by molar-refractivity contribution is 6.42. The Morgan fingerprint density at radius 1 is 1.50 bits per heavy atom. The zero-order valence-corrected chi connectivity index (χ0v) is 11.3. The molecule has 0 aromatic heterocycles. The zero-order valence-electron chi connectivity index (χ0n) is 9.78. The molecule has 1 aromatic carbocycles. The van der Waals surface area contributed by atoms with Crippen molar-refractivity contribution >= 4 is 34.9 Å². The van der Waals surface area contributed by atoms with Crippen LogP contribution in [0.3, 0.4) is 0 Å². The third kappa shape index (κ3) is 2.16. The van der Waals surface area contributed by atoms with Gasteiger partial charge in [0.15, 0.2) is 0 Å². The first-order valence-electron chi connectivity index (χ1n) is 5.18. The Balaban J connectivity index is 2.70. The van der Waals surface area contributed by atoms with E-state index in [-0.39, 0.29) is 0 Å². The van der Waals surface area contributed by atoms with E-state index < -0.39 is 12.3 Å². The van der Waals surface area contributed by atoms with E-state index in [9.17, 15) is 4.79 Å². The highest BCUT2D eigenvalue weighted by Crippen LogP contribution is 2.18. The second-order valence-corrected chi connectivity index (χ2v) is 4.58. The Labute approximate surface area is 113 Å². The van der Waals surface area contributed by atoms with Crippen LogP contribution < -0.4 is 16.3 Å². The maximum atomic E-state index is 11.0. The van der Waals surface area contributed by atoms with Crippen LogP contribution in [0.5, 0.6) is 0 Å². The molecule has 0 saturated heterocycles. The van der Waals surface area contributed by atoms with E-state index in [2.05, 4.69) is 4.99 Å². The van der Waals surface area contributed by atoms with E-state index in [0.29, 0.717) is 26.3 Å². The largest absolute Gasteiger partial charge is 0.338 e.